The standard InChI is InChI=1S/C21H29N3O3/c1-16-14-20(17(2)24(16)12-13-27-3)21(26)15-22-8-10-23(11-9-22)18-4-6-19(25)7-5-18/h4-7,14,25H,8-13,15H2,1-3H3. The van der Waals surface area contributed by atoms with E-state index >= 15 is 0 Å². The number of hydrogen-bond acceptors (Lipinski definition) is 5. The number of ketones is 1. The Bertz CT molecular complexity index is 775. The summed E-state index contributed by atoms with van der Waals surface area (Å²) >= 11 is 0. The van der Waals surface area contributed by atoms with Crippen LogP contribution in [0, 0.1) is 13.8 Å². The second-order valence-corrected chi connectivity index (χ2v) is 7.13. The molecule has 3 rings (SSSR count). The van der Waals surface area contributed by atoms with Gasteiger partial charge in [-0.15, -0.1) is 0 Å². The van der Waals surface area contributed by atoms with Crippen molar-refractivity contribution in [1.29, 1.82) is 0 Å². The molecule has 0 atom stereocenters. The Kier molecular flexibility index (Phi) is 6.19. The number of aromatic nitrogens is 1. The first-order chi connectivity index (χ1) is 13.0. The lowest BCUT2D eigenvalue weighted by molar-refractivity contribution is 0.0925. The van der Waals surface area contributed by atoms with Crippen molar-refractivity contribution in [3.05, 3.63) is 47.3 Å². The first-order valence-corrected chi connectivity index (χ1v) is 9.45. The third-order valence-corrected chi connectivity index (χ3v) is 5.35. The van der Waals surface area contributed by atoms with Gasteiger partial charge in [-0.3, -0.25) is 9.69 Å². The lowest BCUT2D eigenvalue weighted by Gasteiger charge is -2.35. The molecule has 0 unspecified atom stereocenters. The molecule has 0 spiro atoms. The number of phenolic OH excluding ortho intramolecular Hbond substituents is 1. The number of aryl methyl sites for hydroxylation is 1. The van der Waals surface area contributed by atoms with Gasteiger partial charge in [-0.2, -0.15) is 0 Å². The lowest BCUT2D eigenvalue weighted by atomic mass is 10.1. The number of methoxy groups -OCH3 is 1. The van der Waals surface area contributed by atoms with E-state index in [0.717, 1.165) is 55.4 Å². The van der Waals surface area contributed by atoms with E-state index in [9.17, 15) is 9.90 Å². The molecule has 0 aliphatic carbocycles. The van der Waals surface area contributed by atoms with Crippen LogP contribution in [0.3, 0.4) is 0 Å². The topological polar surface area (TPSA) is 57.9 Å². The quantitative estimate of drug-likeness (QED) is 0.758. The molecule has 1 fully saturated rings. The monoisotopic (exact) mass is 371 g/mol. The highest BCUT2D eigenvalue weighted by Gasteiger charge is 2.22. The molecule has 2 heterocycles. The van der Waals surface area contributed by atoms with E-state index in [1.807, 2.05) is 32.0 Å². The Morgan fingerprint density at radius 2 is 1.78 bits per heavy atom. The van der Waals surface area contributed by atoms with Crippen molar-refractivity contribution in [2.75, 3.05) is 51.3 Å². The van der Waals surface area contributed by atoms with Gasteiger partial charge in [-0.1, -0.05) is 0 Å². The van der Waals surface area contributed by atoms with E-state index < -0.39 is 0 Å². The Hall–Kier alpha value is -2.31. The van der Waals surface area contributed by atoms with Gasteiger partial charge in [0.1, 0.15) is 5.75 Å². The van der Waals surface area contributed by atoms with Crippen molar-refractivity contribution in [2.24, 2.45) is 0 Å². The molecule has 0 bridgehead atoms. The SMILES string of the molecule is COCCn1c(C)cc(C(=O)CN2CCN(c3ccc(O)cc3)CC2)c1C. The predicted molar refractivity (Wildman–Crippen MR) is 107 cm³/mol. The molecule has 6 nitrogen and oxygen atoms in total. The van der Waals surface area contributed by atoms with Crippen LogP contribution in [-0.4, -0.2) is 66.8 Å². The van der Waals surface area contributed by atoms with Crippen LogP contribution in [0.1, 0.15) is 21.7 Å². The summed E-state index contributed by atoms with van der Waals surface area (Å²) in [7, 11) is 1.69. The zero-order valence-electron chi connectivity index (χ0n) is 16.4. The number of Topliss-reactive ketones (excluding diaryl/α,β-unsaturated/α-hetero) is 1. The van der Waals surface area contributed by atoms with E-state index in [-0.39, 0.29) is 11.5 Å². The average Bonchev–Trinajstić information content (AvgIpc) is 2.95. The maximum Gasteiger partial charge on any atom is 0.178 e. The van der Waals surface area contributed by atoms with Gasteiger partial charge in [0.25, 0.3) is 0 Å². The first kappa shape index (κ1) is 19.5. The number of benzene rings is 1. The van der Waals surface area contributed by atoms with Crippen LogP contribution in [0.4, 0.5) is 5.69 Å². The van der Waals surface area contributed by atoms with Gasteiger partial charge in [0, 0.05) is 62.5 Å². The Labute approximate surface area is 161 Å². The molecular formula is C21H29N3O3. The van der Waals surface area contributed by atoms with Crippen LogP contribution >= 0.6 is 0 Å². The molecule has 1 saturated heterocycles. The zero-order valence-corrected chi connectivity index (χ0v) is 16.4. The fourth-order valence-corrected chi connectivity index (χ4v) is 3.73. The van der Waals surface area contributed by atoms with Crippen molar-refractivity contribution in [1.82, 2.24) is 9.47 Å². The number of phenols is 1. The van der Waals surface area contributed by atoms with E-state index in [1.54, 1.807) is 19.2 Å². The smallest absolute Gasteiger partial charge is 0.178 e. The van der Waals surface area contributed by atoms with Crippen molar-refractivity contribution < 1.29 is 14.6 Å². The molecule has 0 saturated carbocycles. The van der Waals surface area contributed by atoms with Gasteiger partial charge in [-0.25, -0.2) is 0 Å². The van der Waals surface area contributed by atoms with Crippen LogP contribution in [-0.2, 0) is 11.3 Å². The predicted octanol–water partition coefficient (Wildman–Crippen LogP) is 2.46. The molecular weight excluding hydrogens is 342 g/mol. The summed E-state index contributed by atoms with van der Waals surface area (Å²) in [4.78, 5) is 17.3. The van der Waals surface area contributed by atoms with Gasteiger partial charge in [0.05, 0.1) is 13.2 Å². The summed E-state index contributed by atoms with van der Waals surface area (Å²) < 4.78 is 7.32. The molecule has 146 valence electrons. The summed E-state index contributed by atoms with van der Waals surface area (Å²) in [6.07, 6.45) is 0. The minimum Gasteiger partial charge on any atom is -0.508 e. The number of anilines is 1. The molecule has 0 amide bonds. The number of nitrogens with zero attached hydrogens (tertiary/aromatic N) is 3. The minimum atomic E-state index is 0.185. The highest BCUT2D eigenvalue weighted by molar-refractivity contribution is 5.99. The van der Waals surface area contributed by atoms with E-state index in [1.165, 1.54) is 0 Å². The summed E-state index contributed by atoms with van der Waals surface area (Å²) in [5, 5.41) is 9.42. The number of aromatic hydroxyl groups is 1. The van der Waals surface area contributed by atoms with E-state index in [4.69, 9.17) is 4.74 Å². The zero-order chi connectivity index (χ0) is 19.4. The van der Waals surface area contributed by atoms with E-state index in [0.29, 0.717) is 13.2 Å². The fourth-order valence-electron chi connectivity index (χ4n) is 3.73. The number of ether oxygens (including phenoxy) is 1. The van der Waals surface area contributed by atoms with E-state index in [2.05, 4.69) is 14.4 Å². The summed E-state index contributed by atoms with van der Waals surface area (Å²) in [6, 6.07) is 9.30. The van der Waals surface area contributed by atoms with Crippen LogP contribution in [0.5, 0.6) is 5.75 Å². The van der Waals surface area contributed by atoms with Crippen molar-refractivity contribution in [3.63, 3.8) is 0 Å². The summed E-state index contributed by atoms with van der Waals surface area (Å²) in [5.74, 6) is 0.468. The van der Waals surface area contributed by atoms with Gasteiger partial charge >= 0.3 is 0 Å². The molecule has 1 aromatic heterocycles. The second-order valence-electron chi connectivity index (χ2n) is 7.13. The third-order valence-electron chi connectivity index (χ3n) is 5.35. The van der Waals surface area contributed by atoms with Gasteiger partial charge in [0.2, 0.25) is 0 Å². The molecule has 1 aliphatic heterocycles. The van der Waals surface area contributed by atoms with Crippen LogP contribution in [0.25, 0.3) is 0 Å². The molecule has 2 aromatic rings. The van der Waals surface area contributed by atoms with Gasteiger partial charge in [0.15, 0.2) is 5.78 Å². The first-order valence-electron chi connectivity index (χ1n) is 9.45. The fraction of sp³-hybridized carbons (Fsp3) is 0.476. The average molecular weight is 371 g/mol. The molecule has 1 aromatic carbocycles. The van der Waals surface area contributed by atoms with Crippen molar-refractivity contribution in [2.45, 2.75) is 20.4 Å². The number of rotatable bonds is 7. The summed E-state index contributed by atoms with van der Waals surface area (Å²) in [5.41, 5.74) is 4.06. The summed E-state index contributed by atoms with van der Waals surface area (Å²) in [6.45, 7) is 9.39. The Balaban J connectivity index is 1.57. The molecule has 1 N–H and O–H groups in total. The molecule has 0 radical (unpaired) electrons. The van der Waals surface area contributed by atoms with Crippen LogP contribution < -0.4 is 4.90 Å². The third kappa shape index (κ3) is 4.51. The number of piperazine rings is 1. The number of hydrogen-bond donors (Lipinski definition) is 1. The lowest BCUT2D eigenvalue weighted by Crippen LogP contribution is -2.48. The van der Waals surface area contributed by atoms with Crippen LogP contribution in [0.15, 0.2) is 30.3 Å². The van der Waals surface area contributed by atoms with Crippen molar-refractivity contribution in [3.8, 4) is 5.75 Å². The molecule has 6 heteroatoms. The van der Waals surface area contributed by atoms with Gasteiger partial charge < -0.3 is 19.3 Å². The van der Waals surface area contributed by atoms with Gasteiger partial charge in [-0.05, 0) is 44.2 Å². The minimum absolute atomic E-state index is 0.185. The Morgan fingerprint density at radius 3 is 2.41 bits per heavy atom. The highest BCUT2D eigenvalue weighted by atomic mass is 16.5. The largest absolute Gasteiger partial charge is 0.508 e. The second kappa shape index (κ2) is 8.59. The molecule has 27 heavy (non-hydrogen) atoms. The maximum absolute atomic E-state index is 12.8. The Morgan fingerprint density at radius 1 is 1.11 bits per heavy atom. The maximum atomic E-state index is 12.8. The number of carbonyl (C=O) groups is 1. The highest BCUT2D eigenvalue weighted by Crippen LogP contribution is 2.20. The van der Waals surface area contributed by atoms with Crippen LogP contribution in [0.2, 0.25) is 0 Å². The van der Waals surface area contributed by atoms with Crippen molar-refractivity contribution >= 4 is 11.5 Å². The number of carbonyl (C=O) groups excluding carboxylic acids is 1. The molecule has 1 aliphatic rings. The normalized spacial score (nSPS) is 15.3.